The first-order chi connectivity index (χ1) is 9.52. The van der Waals surface area contributed by atoms with E-state index in [1.165, 1.54) is 0 Å². The van der Waals surface area contributed by atoms with Gasteiger partial charge in [-0.25, -0.2) is 9.97 Å². The maximum atomic E-state index is 10.9. The van der Waals surface area contributed by atoms with Gasteiger partial charge in [-0.3, -0.25) is 14.9 Å². The second-order valence-corrected chi connectivity index (χ2v) is 4.28. The monoisotopic (exact) mass is 281 g/mol. The summed E-state index contributed by atoms with van der Waals surface area (Å²) in [5, 5.41) is 14.7. The third kappa shape index (κ3) is 5.61. The molecule has 1 atom stereocenters. The van der Waals surface area contributed by atoms with Gasteiger partial charge < -0.3 is 16.2 Å². The summed E-state index contributed by atoms with van der Waals surface area (Å²) in [6, 6.07) is -1.01. The summed E-state index contributed by atoms with van der Waals surface area (Å²) in [6.07, 6.45) is 3.91. The minimum absolute atomic E-state index is 0.248. The number of aliphatic carboxylic acids is 1. The Hall–Kier alpha value is -2.22. The van der Waals surface area contributed by atoms with Crippen molar-refractivity contribution in [3.63, 3.8) is 0 Å². The Morgan fingerprint density at radius 2 is 2.05 bits per heavy atom. The van der Waals surface area contributed by atoms with Gasteiger partial charge in [0.25, 0.3) is 0 Å². The maximum Gasteiger partial charge on any atom is 0.321 e. The van der Waals surface area contributed by atoms with Crippen molar-refractivity contribution in [3.8, 4) is 0 Å². The van der Waals surface area contributed by atoms with Crippen molar-refractivity contribution in [3.05, 3.63) is 18.0 Å². The van der Waals surface area contributed by atoms with E-state index in [0.29, 0.717) is 5.95 Å². The first-order valence-corrected chi connectivity index (χ1v) is 6.32. The van der Waals surface area contributed by atoms with Crippen molar-refractivity contribution in [2.75, 3.05) is 11.9 Å². The standard InChI is InChI=1S/C12H19N5O3/c1-2-3-14-12-16-6-8(7-17-12)5-15-9(11(19)20)4-10(13)18/h6-7,9,15H,2-5H2,1H3,(H2,13,18)(H,19,20)(H,14,16,17)/t9-/m0/s1. The van der Waals surface area contributed by atoms with Crippen molar-refractivity contribution in [1.29, 1.82) is 0 Å². The summed E-state index contributed by atoms with van der Waals surface area (Å²) in [7, 11) is 0. The molecule has 5 N–H and O–H groups in total. The molecule has 0 aromatic carbocycles. The van der Waals surface area contributed by atoms with Crippen LogP contribution in [0.2, 0.25) is 0 Å². The molecule has 1 aromatic heterocycles. The molecule has 0 saturated carbocycles. The van der Waals surface area contributed by atoms with Crippen molar-refractivity contribution in [2.45, 2.75) is 32.4 Å². The minimum Gasteiger partial charge on any atom is -0.480 e. The molecule has 0 bridgehead atoms. The van der Waals surface area contributed by atoms with E-state index in [0.717, 1.165) is 18.5 Å². The summed E-state index contributed by atoms with van der Waals surface area (Å²) in [5.74, 6) is -1.26. The molecule has 1 amide bonds. The zero-order valence-corrected chi connectivity index (χ0v) is 11.3. The van der Waals surface area contributed by atoms with Gasteiger partial charge in [-0.1, -0.05) is 6.92 Å². The number of rotatable bonds is 9. The van der Waals surface area contributed by atoms with E-state index in [1.807, 2.05) is 6.92 Å². The van der Waals surface area contributed by atoms with Crippen LogP contribution in [0.15, 0.2) is 12.4 Å². The lowest BCUT2D eigenvalue weighted by Gasteiger charge is -2.12. The average Bonchev–Trinajstić information content (AvgIpc) is 2.41. The molecule has 110 valence electrons. The topological polar surface area (TPSA) is 130 Å². The number of primary amides is 1. The lowest BCUT2D eigenvalue weighted by molar-refractivity contribution is -0.141. The molecule has 0 aliphatic carbocycles. The number of nitrogens with zero attached hydrogens (tertiary/aromatic N) is 2. The Bertz CT molecular complexity index is 449. The quantitative estimate of drug-likeness (QED) is 0.489. The predicted molar refractivity (Wildman–Crippen MR) is 72.9 cm³/mol. The molecular formula is C12H19N5O3. The fourth-order valence-electron chi connectivity index (χ4n) is 1.46. The van der Waals surface area contributed by atoms with Gasteiger partial charge in [0.2, 0.25) is 11.9 Å². The number of carboxylic acids is 1. The Balaban J connectivity index is 2.51. The van der Waals surface area contributed by atoms with E-state index in [-0.39, 0.29) is 13.0 Å². The minimum atomic E-state index is -1.12. The van der Waals surface area contributed by atoms with Crippen LogP contribution in [0.1, 0.15) is 25.3 Å². The van der Waals surface area contributed by atoms with E-state index < -0.39 is 17.9 Å². The molecule has 0 spiro atoms. The molecule has 0 aliphatic heterocycles. The molecule has 0 saturated heterocycles. The van der Waals surface area contributed by atoms with Crippen LogP contribution in [0.25, 0.3) is 0 Å². The van der Waals surface area contributed by atoms with Gasteiger partial charge >= 0.3 is 5.97 Å². The summed E-state index contributed by atoms with van der Waals surface area (Å²) in [5.41, 5.74) is 5.72. The molecule has 8 nitrogen and oxygen atoms in total. The second kappa shape index (κ2) is 8.05. The predicted octanol–water partition coefficient (Wildman–Crippen LogP) is -0.283. The first kappa shape index (κ1) is 15.8. The SMILES string of the molecule is CCCNc1ncc(CN[C@@H](CC(N)=O)C(=O)O)cn1. The van der Waals surface area contributed by atoms with E-state index in [9.17, 15) is 9.59 Å². The highest BCUT2D eigenvalue weighted by Crippen LogP contribution is 2.02. The van der Waals surface area contributed by atoms with Crippen molar-refractivity contribution in [2.24, 2.45) is 5.73 Å². The van der Waals surface area contributed by atoms with Gasteiger partial charge in [0.05, 0.1) is 6.42 Å². The first-order valence-electron chi connectivity index (χ1n) is 6.32. The smallest absolute Gasteiger partial charge is 0.321 e. The van der Waals surface area contributed by atoms with Gasteiger partial charge in [-0.2, -0.15) is 0 Å². The Labute approximate surface area is 116 Å². The van der Waals surface area contributed by atoms with Crippen molar-refractivity contribution < 1.29 is 14.7 Å². The van der Waals surface area contributed by atoms with Gasteiger partial charge in [-0.15, -0.1) is 0 Å². The van der Waals surface area contributed by atoms with E-state index >= 15 is 0 Å². The Morgan fingerprint density at radius 1 is 1.40 bits per heavy atom. The molecule has 8 heteroatoms. The van der Waals surface area contributed by atoms with Gasteiger partial charge in [-0.05, 0) is 6.42 Å². The number of carboxylic acid groups (broad SMARTS) is 1. The highest BCUT2D eigenvalue weighted by atomic mass is 16.4. The lowest BCUT2D eigenvalue weighted by Crippen LogP contribution is -2.39. The summed E-state index contributed by atoms with van der Waals surface area (Å²) < 4.78 is 0. The third-order valence-corrected chi connectivity index (χ3v) is 2.49. The Kier molecular flexibility index (Phi) is 6.38. The number of nitrogens with two attached hydrogens (primary N) is 1. The number of anilines is 1. The molecule has 1 heterocycles. The fraction of sp³-hybridized carbons (Fsp3) is 0.500. The normalized spacial score (nSPS) is 11.8. The maximum absolute atomic E-state index is 10.9. The molecule has 0 unspecified atom stereocenters. The molecule has 20 heavy (non-hydrogen) atoms. The highest BCUT2D eigenvalue weighted by Gasteiger charge is 2.19. The van der Waals surface area contributed by atoms with E-state index in [2.05, 4.69) is 20.6 Å². The lowest BCUT2D eigenvalue weighted by atomic mass is 10.2. The third-order valence-electron chi connectivity index (χ3n) is 2.49. The largest absolute Gasteiger partial charge is 0.480 e. The Morgan fingerprint density at radius 3 is 2.55 bits per heavy atom. The van der Waals surface area contributed by atoms with Crippen molar-refractivity contribution >= 4 is 17.8 Å². The van der Waals surface area contributed by atoms with Crippen LogP contribution in [-0.4, -0.2) is 39.5 Å². The number of nitrogens with one attached hydrogen (secondary N) is 2. The van der Waals surface area contributed by atoms with Gasteiger partial charge in [0.1, 0.15) is 6.04 Å². The molecule has 0 radical (unpaired) electrons. The number of carbonyl (C=O) groups is 2. The van der Waals surface area contributed by atoms with E-state index in [4.69, 9.17) is 10.8 Å². The van der Waals surface area contributed by atoms with Crippen LogP contribution >= 0.6 is 0 Å². The van der Waals surface area contributed by atoms with Crippen molar-refractivity contribution in [1.82, 2.24) is 15.3 Å². The molecule has 0 aliphatic rings. The zero-order chi connectivity index (χ0) is 15.0. The number of carbonyl (C=O) groups excluding carboxylic acids is 1. The molecule has 1 aromatic rings. The highest BCUT2D eigenvalue weighted by molar-refractivity contribution is 5.83. The fourth-order valence-corrected chi connectivity index (χ4v) is 1.46. The van der Waals surface area contributed by atoms with Gasteiger partial charge in [0, 0.05) is 31.0 Å². The number of hydrogen-bond acceptors (Lipinski definition) is 6. The summed E-state index contributed by atoms with van der Waals surface area (Å²) in [6.45, 7) is 3.08. The summed E-state index contributed by atoms with van der Waals surface area (Å²) in [4.78, 5) is 29.9. The number of hydrogen-bond donors (Lipinski definition) is 4. The zero-order valence-electron chi connectivity index (χ0n) is 11.3. The molecular weight excluding hydrogens is 262 g/mol. The van der Waals surface area contributed by atoms with E-state index in [1.54, 1.807) is 12.4 Å². The van der Waals surface area contributed by atoms with Crippen LogP contribution in [0.4, 0.5) is 5.95 Å². The number of amides is 1. The number of aromatic nitrogens is 2. The van der Waals surface area contributed by atoms with Gasteiger partial charge in [0.15, 0.2) is 0 Å². The van der Waals surface area contributed by atoms with Crippen LogP contribution in [0, 0.1) is 0 Å². The second-order valence-electron chi connectivity index (χ2n) is 4.28. The van der Waals surface area contributed by atoms with Crippen LogP contribution < -0.4 is 16.4 Å². The molecule has 1 rings (SSSR count). The van der Waals surface area contributed by atoms with Crippen LogP contribution in [0.5, 0.6) is 0 Å². The summed E-state index contributed by atoms with van der Waals surface area (Å²) >= 11 is 0. The van der Waals surface area contributed by atoms with Crippen LogP contribution in [-0.2, 0) is 16.1 Å². The molecule has 0 fully saturated rings. The average molecular weight is 281 g/mol. The van der Waals surface area contributed by atoms with Crippen LogP contribution in [0.3, 0.4) is 0 Å².